The highest BCUT2D eigenvalue weighted by molar-refractivity contribution is 6.55. The Balaban J connectivity index is 2.23. The molecule has 1 rings (SSSR count). The Bertz CT molecular complexity index is 340. The van der Waals surface area contributed by atoms with E-state index in [1.807, 2.05) is 0 Å². The number of aliphatic carboxylic acids is 1. The van der Waals surface area contributed by atoms with Gasteiger partial charge in [-0.05, 0) is 37.5 Å². The van der Waals surface area contributed by atoms with Crippen molar-refractivity contribution in [3.05, 3.63) is 0 Å². The van der Waals surface area contributed by atoms with Gasteiger partial charge in [-0.15, -0.1) is 0 Å². The van der Waals surface area contributed by atoms with Gasteiger partial charge in [-0.1, -0.05) is 0 Å². The van der Waals surface area contributed by atoms with E-state index >= 15 is 0 Å². The minimum atomic E-state index is -1.17. The number of rotatable bonds is 6. The fourth-order valence-electron chi connectivity index (χ4n) is 2.16. The summed E-state index contributed by atoms with van der Waals surface area (Å²) in [5.74, 6) is -2.74. The number of esters is 1. The number of ether oxygens (including phenoxy) is 1. The highest BCUT2D eigenvalue weighted by Gasteiger charge is 2.24. The molecule has 0 amide bonds. The van der Waals surface area contributed by atoms with Crippen LogP contribution in [0.2, 0.25) is 0 Å². The van der Waals surface area contributed by atoms with Gasteiger partial charge in [-0.2, -0.15) is 0 Å². The van der Waals surface area contributed by atoms with Gasteiger partial charge in [-0.25, -0.2) is 4.79 Å². The molecule has 0 heterocycles. The Morgan fingerprint density at radius 3 is 2.17 bits per heavy atom. The minimum absolute atomic E-state index is 0.0634. The molecule has 1 saturated carbocycles. The summed E-state index contributed by atoms with van der Waals surface area (Å²) in [5.41, 5.74) is 0. The Hall–Kier alpha value is -1.72. The molecule has 0 aromatic rings. The fourth-order valence-corrected chi connectivity index (χ4v) is 2.16. The molecule has 6 heteroatoms. The van der Waals surface area contributed by atoms with E-state index < -0.39 is 17.7 Å². The van der Waals surface area contributed by atoms with Gasteiger partial charge in [0.25, 0.3) is 0 Å². The quantitative estimate of drug-likeness (QED) is 0.323. The lowest BCUT2D eigenvalue weighted by molar-refractivity contribution is -0.155. The highest BCUT2D eigenvalue weighted by Crippen LogP contribution is 2.30. The van der Waals surface area contributed by atoms with E-state index in [9.17, 15) is 19.2 Å². The smallest absolute Gasteiger partial charge is 0.382 e. The van der Waals surface area contributed by atoms with Crippen LogP contribution in [0, 0.1) is 11.8 Å². The van der Waals surface area contributed by atoms with E-state index in [1.54, 1.807) is 0 Å². The summed E-state index contributed by atoms with van der Waals surface area (Å²) < 4.78 is 4.71. The summed E-state index contributed by atoms with van der Waals surface area (Å²) in [4.78, 5) is 42.2. The third-order valence-corrected chi connectivity index (χ3v) is 3.19. The van der Waals surface area contributed by atoms with E-state index in [1.165, 1.54) is 0 Å². The van der Waals surface area contributed by atoms with Crippen molar-refractivity contribution in [1.82, 2.24) is 0 Å². The van der Waals surface area contributed by atoms with Crippen LogP contribution in [0.3, 0.4) is 0 Å². The molecule has 18 heavy (non-hydrogen) atoms. The Kier molecular flexibility index (Phi) is 5.48. The summed E-state index contributed by atoms with van der Waals surface area (Å²) in [5, 5.41) is 8.66. The average Bonchev–Trinajstić information content (AvgIpc) is 2.36. The summed E-state index contributed by atoms with van der Waals surface area (Å²) in [7, 11) is 0. The van der Waals surface area contributed by atoms with Gasteiger partial charge in [0.15, 0.2) is 6.29 Å². The maximum atomic E-state index is 10.9. The maximum Gasteiger partial charge on any atom is 0.382 e. The number of Topliss-reactive ketones (excluding diaryl/α,β-unsaturated/α-hetero) is 1. The van der Waals surface area contributed by atoms with Crippen LogP contribution in [0.4, 0.5) is 0 Å². The summed E-state index contributed by atoms with van der Waals surface area (Å²) in [6, 6.07) is 0. The van der Waals surface area contributed by atoms with Crippen LogP contribution in [0.1, 0.15) is 32.1 Å². The summed E-state index contributed by atoms with van der Waals surface area (Å²) in [6.45, 7) is 0.123. The van der Waals surface area contributed by atoms with E-state index in [4.69, 9.17) is 9.84 Å². The zero-order valence-electron chi connectivity index (χ0n) is 9.96. The molecule has 1 aliphatic carbocycles. The lowest BCUT2D eigenvalue weighted by Gasteiger charge is -2.26. The second-order valence-corrected chi connectivity index (χ2v) is 4.57. The zero-order chi connectivity index (χ0) is 13.5. The first-order valence-corrected chi connectivity index (χ1v) is 5.91. The molecule has 0 unspecified atom stereocenters. The van der Waals surface area contributed by atoms with Crippen LogP contribution in [0.25, 0.3) is 0 Å². The molecule has 0 aliphatic heterocycles. The van der Waals surface area contributed by atoms with Crippen molar-refractivity contribution >= 4 is 24.0 Å². The molecule has 1 aliphatic rings. The molecule has 0 atom stereocenters. The number of carbonyl (C=O) groups is 4. The van der Waals surface area contributed by atoms with Gasteiger partial charge < -0.3 is 9.84 Å². The van der Waals surface area contributed by atoms with Crippen LogP contribution in [0.15, 0.2) is 0 Å². The second kappa shape index (κ2) is 6.88. The van der Waals surface area contributed by atoms with Crippen LogP contribution >= 0.6 is 0 Å². The normalized spacial score (nSPS) is 23.1. The summed E-state index contributed by atoms with van der Waals surface area (Å²) in [6.07, 6.45) is 3.25. The van der Waals surface area contributed by atoms with Crippen molar-refractivity contribution in [3.8, 4) is 0 Å². The van der Waals surface area contributed by atoms with Gasteiger partial charge in [0.2, 0.25) is 0 Å². The fraction of sp³-hybridized carbons (Fsp3) is 0.667. The van der Waals surface area contributed by atoms with E-state index in [2.05, 4.69) is 0 Å². The van der Waals surface area contributed by atoms with Gasteiger partial charge in [0, 0.05) is 6.42 Å². The lowest BCUT2D eigenvalue weighted by atomic mass is 9.81. The van der Waals surface area contributed by atoms with Gasteiger partial charge in [0.1, 0.15) is 0 Å². The first-order valence-electron chi connectivity index (χ1n) is 5.91. The molecule has 0 aromatic carbocycles. The topological polar surface area (TPSA) is 97.7 Å². The Morgan fingerprint density at radius 1 is 1.11 bits per heavy atom. The lowest BCUT2D eigenvalue weighted by Crippen LogP contribution is -2.25. The molecule has 1 N–H and O–H groups in total. The molecular weight excluding hydrogens is 240 g/mol. The van der Waals surface area contributed by atoms with Crippen molar-refractivity contribution in [2.75, 3.05) is 6.61 Å². The molecule has 100 valence electrons. The molecule has 0 radical (unpaired) electrons. The van der Waals surface area contributed by atoms with E-state index in [0.717, 1.165) is 25.7 Å². The zero-order valence-corrected chi connectivity index (χ0v) is 9.96. The van der Waals surface area contributed by atoms with Gasteiger partial charge >= 0.3 is 17.7 Å². The maximum absolute atomic E-state index is 10.9. The second-order valence-electron chi connectivity index (χ2n) is 4.57. The molecule has 1 fully saturated rings. The average molecular weight is 256 g/mol. The van der Waals surface area contributed by atoms with Crippen molar-refractivity contribution in [2.24, 2.45) is 11.8 Å². The largest absolute Gasteiger partial charge is 0.481 e. The van der Waals surface area contributed by atoms with Gasteiger partial charge in [0.05, 0.1) is 6.61 Å². The first kappa shape index (κ1) is 14.3. The number of aldehydes is 1. The molecular formula is C12H16O6. The van der Waals surface area contributed by atoms with Crippen LogP contribution in [-0.4, -0.2) is 35.7 Å². The van der Waals surface area contributed by atoms with Crippen LogP contribution < -0.4 is 0 Å². The van der Waals surface area contributed by atoms with Crippen molar-refractivity contribution in [1.29, 1.82) is 0 Å². The van der Waals surface area contributed by atoms with Crippen molar-refractivity contribution < 1.29 is 29.0 Å². The number of carboxylic acid groups (broad SMARTS) is 1. The van der Waals surface area contributed by atoms with E-state index in [0.29, 0.717) is 0 Å². The minimum Gasteiger partial charge on any atom is -0.481 e. The number of carbonyl (C=O) groups excluding carboxylic acids is 3. The van der Waals surface area contributed by atoms with Gasteiger partial charge in [-0.3, -0.25) is 14.4 Å². The Morgan fingerprint density at radius 2 is 1.67 bits per heavy atom. The third kappa shape index (κ3) is 4.65. The Labute approximate surface area is 104 Å². The monoisotopic (exact) mass is 256 g/mol. The summed E-state index contributed by atoms with van der Waals surface area (Å²) >= 11 is 0. The third-order valence-electron chi connectivity index (χ3n) is 3.19. The van der Waals surface area contributed by atoms with Crippen molar-refractivity contribution in [3.63, 3.8) is 0 Å². The highest BCUT2D eigenvalue weighted by atomic mass is 16.5. The predicted molar refractivity (Wildman–Crippen MR) is 59.7 cm³/mol. The first-order chi connectivity index (χ1) is 8.52. The number of ketones is 1. The number of hydrogen-bond acceptors (Lipinski definition) is 5. The number of carboxylic acids is 1. The predicted octanol–water partition coefficient (Wildman–Crippen LogP) is 0.579. The van der Waals surface area contributed by atoms with Crippen molar-refractivity contribution in [2.45, 2.75) is 32.1 Å². The SMILES string of the molecule is O=CC(=O)C(=O)OCC1CCC(CC(=O)O)CC1. The molecule has 0 spiro atoms. The number of hydrogen-bond donors (Lipinski definition) is 1. The van der Waals surface area contributed by atoms with Crippen LogP contribution in [-0.2, 0) is 23.9 Å². The van der Waals surface area contributed by atoms with E-state index in [-0.39, 0.29) is 31.1 Å². The molecule has 0 aromatic heterocycles. The molecule has 0 bridgehead atoms. The standard InChI is InChI=1S/C12H16O6/c13-6-10(14)12(17)18-7-9-3-1-8(2-4-9)5-11(15)16/h6,8-9H,1-5,7H2,(H,15,16). The molecule has 0 saturated heterocycles. The molecule has 6 nitrogen and oxygen atoms in total. The van der Waals surface area contributed by atoms with Crippen LogP contribution in [0.5, 0.6) is 0 Å².